The van der Waals surface area contributed by atoms with E-state index in [9.17, 15) is 4.79 Å². The number of benzene rings is 1. The van der Waals surface area contributed by atoms with E-state index in [1.54, 1.807) is 31.4 Å². The molecule has 0 aliphatic rings. The van der Waals surface area contributed by atoms with Gasteiger partial charge in [0.25, 0.3) is 5.91 Å². The molecule has 1 N–H and O–H groups in total. The number of aryl methyl sites for hydroxylation is 1. The minimum absolute atomic E-state index is 0.300. The van der Waals surface area contributed by atoms with Gasteiger partial charge in [0.1, 0.15) is 5.69 Å². The van der Waals surface area contributed by atoms with Crippen LogP contribution in [0.15, 0.2) is 28.9 Å². The number of halogens is 3. The van der Waals surface area contributed by atoms with E-state index in [0.29, 0.717) is 25.9 Å². The molecule has 7 heteroatoms. The predicted octanol–water partition coefficient (Wildman–Crippen LogP) is 3.74. The summed E-state index contributed by atoms with van der Waals surface area (Å²) in [6.07, 6.45) is 1.55. The van der Waals surface area contributed by atoms with Gasteiger partial charge in [0.2, 0.25) is 0 Å². The first kappa shape index (κ1) is 13.4. The number of aromatic nitrogens is 2. The lowest BCUT2D eigenvalue weighted by atomic mass is 10.3. The first-order valence-electron chi connectivity index (χ1n) is 4.93. The van der Waals surface area contributed by atoms with Crippen molar-refractivity contribution in [1.29, 1.82) is 0 Å². The van der Waals surface area contributed by atoms with Gasteiger partial charge < -0.3 is 5.32 Å². The monoisotopic (exact) mass is 347 g/mol. The molecule has 0 aliphatic heterocycles. The van der Waals surface area contributed by atoms with Crippen LogP contribution in [0.4, 0.5) is 5.69 Å². The van der Waals surface area contributed by atoms with Gasteiger partial charge in [0.15, 0.2) is 0 Å². The van der Waals surface area contributed by atoms with Crippen LogP contribution in [0.2, 0.25) is 10.0 Å². The molecule has 1 aromatic carbocycles. The van der Waals surface area contributed by atoms with Gasteiger partial charge in [0.05, 0.1) is 21.4 Å². The number of nitrogens with one attached hydrogen (secondary N) is 1. The molecule has 0 bridgehead atoms. The van der Waals surface area contributed by atoms with Crippen LogP contribution in [-0.2, 0) is 7.05 Å². The summed E-state index contributed by atoms with van der Waals surface area (Å²) < 4.78 is 2.09. The van der Waals surface area contributed by atoms with Gasteiger partial charge in [-0.3, -0.25) is 9.48 Å². The van der Waals surface area contributed by atoms with Crippen molar-refractivity contribution in [3.8, 4) is 0 Å². The zero-order valence-electron chi connectivity index (χ0n) is 9.25. The minimum atomic E-state index is -0.300. The summed E-state index contributed by atoms with van der Waals surface area (Å²) in [6.45, 7) is 0. The van der Waals surface area contributed by atoms with Crippen LogP contribution in [-0.4, -0.2) is 15.7 Å². The smallest absolute Gasteiger partial charge is 0.275 e. The molecule has 0 saturated carbocycles. The number of amides is 1. The molecule has 1 heterocycles. The maximum atomic E-state index is 12.1. The molecule has 0 saturated heterocycles. The molecule has 0 radical (unpaired) electrons. The summed E-state index contributed by atoms with van der Waals surface area (Å²) in [5, 5.41) is 7.57. The molecular weight excluding hydrogens is 341 g/mol. The Balaban J connectivity index is 2.27. The maximum Gasteiger partial charge on any atom is 0.275 e. The number of rotatable bonds is 2. The Morgan fingerprint density at radius 2 is 2.17 bits per heavy atom. The second-order valence-electron chi connectivity index (χ2n) is 3.54. The van der Waals surface area contributed by atoms with Gasteiger partial charge in [-0.2, -0.15) is 5.10 Å². The summed E-state index contributed by atoms with van der Waals surface area (Å²) in [7, 11) is 1.68. The Labute approximate surface area is 122 Å². The van der Waals surface area contributed by atoms with Crippen molar-refractivity contribution in [3.05, 3.63) is 44.6 Å². The third-order valence-corrected chi connectivity index (χ3v) is 3.42. The Kier molecular flexibility index (Phi) is 3.94. The average molecular weight is 349 g/mol. The van der Waals surface area contributed by atoms with Crippen molar-refractivity contribution < 1.29 is 4.79 Å². The third-order valence-electron chi connectivity index (χ3n) is 2.29. The molecule has 4 nitrogen and oxygen atoms in total. The van der Waals surface area contributed by atoms with E-state index >= 15 is 0 Å². The van der Waals surface area contributed by atoms with E-state index < -0.39 is 0 Å². The third kappa shape index (κ3) is 2.68. The summed E-state index contributed by atoms with van der Waals surface area (Å²) in [5.41, 5.74) is 0.917. The fourth-order valence-electron chi connectivity index (χ4n) is 1.44. The van der Waals surface area contributed by atoms with Gasteiger partial charge in [-0.25, -0.2) is 0 Å². The molecule has 0 fully saturated rings. The summed E-state index contributed by atoms with van der Waals surface area (Å²) in [5.74, 6) is -0.300. The first-order chi connectivity index (χ1) is 8.49. The van der Waals surface area contributed by atoms with Crippen molar-refractivity contribution in [3.63, 3.8) is 0 Å². The molecular formula is C11H8BrCl2N3O. The molecule has 0 atom stereocenters. The molecule has 1 amide bonds. The van der Waals surface area contributed by atoms with Crippen LogP contribution in [0.5, 0.6) is 0 Å². The predicted molar refractivity (Wildman–Crippen MR) is 75.3 cm³/mol. The van der Waals surface area contributed by atoms with Gasteiger partial charge in [-0.1, -0.05) is 23.2 Å². The molecule has 0 unspecified atom stereocenters. The van der Waals surface area contributed by atoms with Crippen LogP contribution < -0.4 is 5.32 Å². The highest BCUT2D eigenvalue weighted by Gasteiger charge is 2.16. The highest BCUT2D eigenvalue weighted by molar-refractivity contribution is 9.10. The summed E-state index contributed by atoms with van der Waals surface area (Å²) in [4.78, 5) is 12.1. The van der Waals surface area contributed by atoms with Crippen LogP contribution in [0.1, 0.15) is 10.5 Å². The van der Waals surface area contributed by atoms with Crippen molar-refractivity contribution in [2.24, 2.45) is 7.05 Å². The highest BCUT2D eigenvalue weighted by atomic mass is 79.9. The van der Waals surface area contributed by atoms with Gasteiger partial charge in [-0.05, 0) is 34.1 Å². The van der Waals surface area contributed by atoms with E-state index in [1.807, 2.05) is 0 Å². The number of carbonyl (C=O) groups is 1. The van der Waals surface area contributed by atoms with Crippen molar-refractivity contribution >= 4 is 50.7 Å². The van der Waals surface area contributed by atoms with E-state index in [2.05, 4.69) is 26.3 Å². The van der Waals surface area contributed by atoms with Crippen LogP contribution >= 0.6 is 39.1 Å². The normalized spacial score (nSPS) is 10.4. The number of anilines is 1. The summed E-state index contributed by atoms with van der Waals surface area (Å²) >= 11 is 15.0. The van der Waals surface area contributed by atoms with Gasteiger partial charge in [-0.15, -0.1) is 0 Å². The minimum Gasteiger partial charge on any atom is -0.319 e. The van der Waals surface area contributed by atoms with Crippen molar-refractivity contribution in [2.75, 3.05) is 5.32 Å². The highest BCUT2D eigenvalue weighted by Crippen LogP contribution is 2.26. The average Bonchev–Trinajstić information content (AvgIpc) is 2.62. The van der Waals surface area contributed by atoms with Crippen LogP contribution in [0, 0.1) is 0 Å². The van der Waals surface area contributed by atoms with Gasteiger partial charge in [0, 0.05) is 12.1 Å². The maximum absolute atomic E-state index is 12.1. The quantitative estimate of drug-likeness (QED) is 0.898. The Morgan fingerprint density at radius 3 is 2.72 bits per heavy atom. The molecule has 94 valence electrons. The molecule has 1 aromatic heterocycles. The van der Waals surface area contributed by atoms with Crippen molar-refractivity contribution in [2.45, 2.75) is 0 Å². The zero-order chi connectivity index (χ0) is 13.3. The second kappa shape index (κ2) is 5.30. The SMILES string of the molecule is Cn1ncc(Br)c1C(=O)Nc1ccc(Cl)cc1Cl. The van der Waals surface area contributed by atoms with Crippen LogP contribution in [0.25, 0.3) is 0 Å². The number of carbonyl (C=O) groups excluding carboxylic acids is 1. The molecule has 2 aromatic rings. The van der Waals surface area contributed by atoms with E-state index in [1.165, 1.54) is 4.68 Å². The fraction of sp³-hybridized carbons (Fsp3) is 0.0909. The lowest BCUT2D eigenvalue weighted by molar-refractivity contribution is 0.101. The molecule has 18 heavy (non-hydrogen) atoms. The fourth-order valence-corrected chi connectivity index (χ4v) is 2.42. The lowest BCUT2D eigenvalue weighted by Gasteiger charge is -2.08. The van der Waals surface area contributed by atoms with E-state index in [4.69, 9.17) is 23.2 Å². The van der Waals surface area contributed by atoms with E-state index in [0.717, 1.165) is 0 Å². The van der Waals surface area contributed by atoms with Gasteiger partial charge >= 0.3 is 0 Å². The summed E-state index contributed by atoms with van der Waals surface area (Å²) in [6, 6.07) is 4.87. The number of nitrogens with zero attached hydrogens (tertiary/aromatic N) is 2. The largest absolute Gasteiger partial charge is 0.319 e. The Morgan fingerprint density at radius 1 is 1.44 bits per heavy atom. The second-order valence-corrected chi connectivity index (χ2v) is 5.24. The Bertz CT molecular complexity index is 593. The zero-order valence-corrected chi connectivity index (χ0v) is 12.3. The van der Waals surface area contributed by atoms with Crippen molar-refractivity contribution in [1.82, 2.24) is 9.78 Å². The van der Waals surface area contributed by atoms with Crippen LogP contribution in [0.3, 0.4) is 0 Å². The van der Waals surface area contributed by atoms with E-state index in [-0.39, 0.29) is 5.91 Å². The standard InChI is InChI=1S/C11H8BrCl2N3O/c1-17-10(7(12)5-15-17)11(18)16-9-3-2-6(13)4-8(9)14/h2-5H,1H3,(H,16,18). The Hall–Kier alpha value is -1.04. The first-order valence-corrected chi connectivity index (χ1v) is 6.48. The topological polar surface area (TPSA) is 46.9 Å². The molecule has 0 aliphatic carbocycles. The lowest BCUT2D eigenvalue weighted by Crippen LogP contribution is -2.16. The number of hydrogen-bond acceptors (Lipinski definition) is 2. The number of hydrogen-bond donors (Lipinski definition) is 1. The molecule has 2 rings (SSSR count). The molecule has 0 spiro atoms.